The average molecular weight is 176 g/mol. The van der Waals surface area contributed by atoms with Gasteiger partial charge in [-0.05, 0) is 0 Å². The van der Waals surface area contributed by atoms with Gasteiger partial charge in [0.05, 0.1) is 0 Å². The van der Waals surface area contributed by atoms with Crippen molar-refractivity contribution >= 4 is 0 Å². The van der Waals surface area contributed by atoms with Gasteiger partial charge in [0.1, 0.15) is 18.9 Å². The van der Waals surface area contributed by atoms with Crippen LogP contribution in [0.3, 0.4) is 0 Å². The minimum atomic E-state index is 0.128. The summed E-state index contributed by atoms with van der Waals surface area (Å²) in [5, 5.41) is 25.4. The molecule has 1 N–H and O–H groups in total. The van der Waals surface area contributed by atoms with Crippen LogP contribution in [0.15, 0.2) is 6.33 Å². The third-order valence-corrected chi connectivity index (χ3v) is 1.33. The van der Waals surface area contributed by atoms with E-state index in [0.717, 1.165) is 0 Å². The van der Waals surface area contributed by atoms with Crippen LogP contribution in [-0.4, -0.2) is 35.4 Å². The Morgan fingerprint density at radius 2 is 2.54 bits per heavy atom. The summed E-state index contributed by atoms with van der Waals surface area (Å²) in [6, 6.07) is 1.82. The van der Waals surface area contributed by atoms with Crippen LogP contribution in [0.2, 0.25) is 0 Å². The van der Waals surface area contributed by atoms with Gasteiger partial charge in [-0.3, -0.25) is 0 Å². The zero-order chi connectivity index (χ0) is 9.10. The number of aromatic nitrogens is 7. The number of hydrogen-bond acceptors (Lipinski definition) is 6. The van der Waals surface area contributed by atoms with Crippen LogP contribution in [0.1, 0.15) is 11.6 Å². The molecule has 13 heavy (non-hydrogen) atoms. The van der Waals surface area contributed by atoms with E-state index < -0.39 is 0 Å². The normalized spacial score (nSPS) is 9.77. The Balaban J connectivity index is 2.15. The minimum Gasteiger partial charge on any atom is -0.244 e. The number of tetrazole rings is 1. The number of hydrogen-bond donors (Lipinski definition) is 1. The Kier molecular flexibility index (Phi) is 1.69. The highest BCUT2D eigenvalue weighted by Crippen LogP contribution is 1.91. The molecule has 0 saturated heterocycles. The molecule has 8 nitrogen and oxygen atoms in total. The first-order valence-electron chi connectivity index (χ1n) is 3.40. The lowest BCUT2D eigenvalue weighted by molar-refractivity contribution is 0.652. The van der Waals surface area contributed by atoms with E-state index in [0.29, 0.717) is 12.4 Å². The summed E-state index contributed by atoms with van der Waals surface area (Å²) in [6.07, 6.45) is 1.44. The first kappa shape index (κ1) is 7.35. The Hall–Kier alpha value is -2.30. The highest BCUT2D eigenvalue weighted by Gasteiger charge is 2.02. The molecular formula is C5H4N8. The van der Waals surface area contributed by atoms with Crippen molar-refractivity contribution in [2.75, 3.05) is 0 Å². The Morgan fingerprint density at radius 3 is 3.15 bits per heavy atom. The zero-order valence-corrected chi connectivity index (χ0v) is 6.41. The summed E-state index contributed by atoms with van der Waals surface area (Å²) in [5.41, 5.74) is 0. The largest absolute Gasteiger partial charge is 0.252 e. The van der Waals surface area contributed by atoms with Gasteiger partial charge in [0.2, 0.25) is 0 Å². The number of H-pyrrole nitrogens is 1. The molecule has 64 valence electrons. The molecule has 0 atom stereocenters. The fourth-order valence-corrected chi connectivity index (χ4v) is 0.816. The number of rotatable bonds is 2. The third kappa shape index (κ3) is 1.48. The van der Waals surface area contributed by atoms with Crippen molar-refractivity contribution in [1.29, 1.82) is 5.26 Å². The molecule has 2 heterocycles. The highest BCUT2D eigenvalue weighted by atomic mass is 15.5. The lowest BCUT2D eigenvalue weighted by Crippen LogP contribution is -2.02. The number of nitrogens with zero attached hydrogens (tertiary/aromatic N) is 7. The van der Waals surface area contributed by atoms with E-state index in [9.17, 15) is 0 Å². The zero-order valence-electron chi connectivity index (χ0n) is 6.41. The van der Waals surface area contributed by atoms with E-state index in [2.05, 4.69) is 30.7 Å². The van der Waals surface area contributed by atoms with E-state index in [1.54, 1.807) is 0 Å². The fraction of sp³-hybridized carbons (Fsp3) is 0.200. The SMILES string of the molecule is N#Cc1ncn(Cc2nn[nH]n2)n1. The van der Waals surface area contributed by atoms with Crippen molar-refractivity contribution in [1.82, 2.24) is 35.4 Å². The number of nitriles is 1. The molecule has 0 amide bonds. The average Bonchev–Trinajstić information content (AvgIpc) is 2.76. The van der Waals surface area contributed by atoms with Gasteiger partial charge in [-0.1, -0.05) is 5.21 Å². The van der Waals surface area contributed by atoms with Crippen molar-refractivity contribution in [3.05, 3.63) is 18.0 Å². The maximum atomic E-state index is 8.44. The first-order valence-corrected chi connectivity index (χ1v) is 3.40. The van der Waals surface area contributed by atoms with Gasteiger partial charge in [-0.2, -0.15) is 10.5 Å². The van der Waals surface area contributed by atoms with E-state index in [-0.39, 0.29) is 5.82 Å². The molecule has 0 saturated carbocycles. The topological polar surface area (TPSA) is 109 Å². The smallest absolute Gasteiger partial charge is 0.244 e. The lowest BCUT2D eigenvalue weighted by Gasteiger charge is -1.91. The second kappa shape index (κ2) is 2.98. The van der Waals surface area contributed by atoms with Gasteiger partial charge in [0.25, 0.3) is 5.82 Å². The summed E-state index contributed by atoms with van der Waals surface area (Å²) >= 11 is 0. The van der Waals surface area contributed by atoms with E-state index in [4.69, 9.17) is 5.26 Å². The van der Waals surface area contributed by atoms with Crippen LogP contribution in [0.4, 0.5) is 0 Å². The third-order valence-electron chi connectivity index (χ3n) is 1.33. The maximum Gasteiger partial charge on any atom is 0.252 e. The molecule has 0 radical (unpaired) electrons. The predicted molar refractivity (Wildman–Crippen MR) is 38.0 cm³/mol. The van der Waals surface area contributed by atoms with E-state index >= 15 is 0 Å². The van der Waals surface area contributed by atoms with Crippen molar-refractivity contribution in [2.45, 2.75) is 6.54 Å². The number of aromatic amines is 1. The second-order valence-electron chi connectivity index (χ2n) is 2.21. The molecule has 0 unspecified atom stereocenters. The van der Waals surface area contributed by atoms with Gasteiger partial charge in [0, 0.05) is 0 Å². The first-order chi connectivity index (χ1) is 6.38. The molecule has 2 rings (SSSR count). The molecule has 2 aromatic rings. The van der Waals surface area contributed by atoms with Gasteiger partial charge < -0.3 is 0 Å². The van der Waals surface area contributed by atoms with Gasteiger partial charge in [0.15, 0.2) is 5.82 Å². The van der Waals surface area contributed by atoms with Crippen LogP contribution >= 0.6 is 0 Å². The van der Waals surface area contributed by atoms with Crippen molar-refractivity contribution in [2.24, 2.45) is 0 Å². The molecule has 0 aromatic carbocycles. The highest BCUT2D eigenvalue weighted by molar-refractivity contribution is 5.05. The Labute approximate surface area is 72.2 Å². The molecule has 0 aliphatic carbocycles. The van der Waals surface area contributed by atoms with Crippen LogP contribution in [0.5, 0.6) is 0 Å². The van der Waals surface area contributed by atoms with E-state index in [1.807, 2.05) is 6.07 Å². The maximum absolute atomic E-state index is 8.44. The summed E-state index contributed by atoms with van der Waals surface area (Å²) < 4.78 is 1.46. The van der Waals surface area contributed by atoms with Crippen LogP contribution in [0, 0.1) is 11.3 Å². The summed E-state index contributed by atoms with van der Waals surface area (Å²) in [6.45, 7) is 0.352. The molecule has 8 heteroatoms. The quantitative estimate of drug-likeness (QED) is 0.609. The van der Waals surface area contributed by atoms with Crippen molar-refractivity contribution in [3.8, 4) is 6.07 Å². The molecule has 0 aliphatic rings. The van der Waals surface area contributed by atoms with Crippen molar-refractivity contribution < 1.29 is 0 Å². The molecule has 0 spiro atoms. The molecule has 0 fully saturated rings. The van der Waals surface area contributed by atoms with Crippen LogP contribution in [-0.2, 0) is 6.54 Å². The summed E-state index contributed by atoms with van der Waals surface area (Å²) in [5.74, 6) is 0.623. The number of nitrogens with one attached hydrogen (secondary N) is 1. The monoisotopic (exact) mass is 176 g/mol. The Bertz CT molecular complexity index is 420. The van der Waals surface area contributed by atoms with Gasteiger partial charge in [-0.15, -0.1) is 15.3 Å². The Morgan fingerprint density at radius 1 is 1.62 bits per heavy atom. The van der Waals surface area contributed by atoms with E-state index in [1.165, 1.54) is 11.0 Å². The lowest BCUT2D eigenvalue weighted by atomic mass is 10.6. The summed E-state index contributed by atoms with van der Waals surface area (Å²) in [7, 11) is 0. The van der Waals surface area contributed by atoms with Crippen LogP contribution < -0.4 is 0 Å². The van der Waals surface area contributed by atoms with Crippen LogP contribution in [0.25, 0.3) is 0 Å². The molecule has 0 aliphatic heterocycles. The molecule has 0 bridgehead atoms. The minimum absolute atomic E-state index is 0.128. The van der Waals surface area contributed by atoms with Gasteiger partial charge in [-0.25, -0.2) is 9.67 Å². The molecule has 2 aromatic heterocycles. The van der Waals surface area contributed by atoms with Gasteiger partial charge >= 0.3 is 0 Å². The fourth-order valence-electron chi connectivity index (χ4n) is 0.816. The van der Waals surface area contributed by atoms with Crippen molar-refractivity contribution in [3.63, 3.8) is 0 Å². The standard InChI is InChI=1S/C5H4N8/c6-1-4-7-3-13(10-4)2-5-8-11-12-9-5/h3H,2H2,(H,8,9,11,12). The molecular weight excluding hydrogens is 172 g/mol. The second-order valence-corrected chi connectivity index (χ2v) is 2.21. The summed E-state index contributed by atoms with van der Waals surface area (Å²) in [4.78, 5) is 3.72. The predicted octanol–water partition coefficient (Wildman–Crippen LogP) is -1.29.